The van der Waals surface area contributed by atoms with Crippen molar-refractivity contribution < 1.29 is 13.2 Å². The fourth-order valence-electron chi connectivity index (χ4n) is 1.66. The molecular formula is C12H11F3N2. The fraction of sp³-hybridized carbons (Fsp3) is 0.250. The first-order valence-corrected chi connectivity index (χ1v) is 5.09. The van der Waals surface area contributed by atoms with Crippen molar-refractivity contribution in [2.45, 2.75) is 20.0 Å². The van der Waals surface area contributed by atoms with E-state index in [9.17, 15) is 13.2 Å². The Kier molecular flexibility index (Phi) is 2.69. The van der Waals surface area contributed by atoms with Gasteiger partial charge in [0.2, 0.25) is 0 Å². The van der Waals surface area contributed by atoms with Crippen molar-refractivity contribution >= 4 is 0 Å². The lowest BCUT2D eigenvalue weighted by Gasteiger charge is -2.07. The van der Waals surface area contributed by atoms with Gasteiger partial charge >= 0.3 is 6.18 Å². The molecule has 1 heterocycles. The van der Waals surface area contributed by atoms with Crippen LogP contribution in [0.2, 0.25) is 0 Å². The first-order valence-electron chi connectivity index (χ1n) is 5.09. The summed E-state index contributed by atoms with van der Waals surface area (Å²) >= 11 is 0. The van der Waals surface area contributed by atoms with Gasteiger partial charge in [-0.2, -0.15) is 18.3 Å². The highest BCUT2D eigenvalue weighted by atomic mass is 19.4. The van der Waals surface area contributed by atoms with Crippen LogP contribution in [-0.2, 0) is 6.18 Å². The largest absolute Gasteiger partial charge is 0.435 e. The Morgan fingerprint density at radius 2 is 1.76 bits per heavy atom. The van der Waals surface area contributed by atoms with E-state index in [-0.39, 0.29) is 0 Å². The molecule has 0 saturated carbocycles. The lowest BCUT2D eigenvalue weighted by Crippen LogP contribution is -2.08. The molecule has 1 aromatic carbocycles. The van der Waals surface area contributed by atoms with Crippen LogP contribution in [0.15, 0.2) is 30.3 Å². The molecule has 0 bridgehead atoms. The molecule has 0 radical (unpaired) electrons. The quantitative estimate of drug-likeness (QED) is 0.745. The van der Waals surface area contributed by atoms with Gasteiger partial charge < -0.3 is 0 Å². The topological polar surface area (TPSA) is 17.8 Å². The summed E-state index contributed by atoms with van der Waals surface area (Å²) in [5, 5.41) is 3.60. The summed E-state index contributed by atoms with van der Waals surface area (Å²) in [6.07, 6.45) is -4.40. The fourth-order valence-corrected chi connectivity index (χ4v) is 1.66. The van der Waals surface area contributed by atoms with Crippen LogP contribution >= 0.6 is 0 Å². The summed E-state index contributed by atoms with van der Waals surface area (Å²) in [6, 6.07) is 8.24. The zero-order valence-corrected chi connectivity index (χ0v) is 9.42. The van der Waals surface area contributed by atoms with Gasteiger partial charge in [0.1, 0.15) is 0 Å². The maximum absolute atomic E-state index is 12.5. The van der Waals surface area contributed by atoms with Gasteiger partial charge in [-0.25, -0.2) is 4.68 Å². The van der Waals surface area contributed by atoms with E-state index in [0.29, 0.717) is 11.4 Å². The summed E-state index contributed by atoms with van der Waals surface area (Å²) in [4.78, 5) is 0. The number of rotatable bonds is 1. The molecule has 90 valence electrons. The lowest BCUT2D eigenvalue weighted by atomic mass is 10.2. The monoisotopic (exact) mass is 240 g/mol. The molecule has 0 atom stereocenters. The molecule has 0 aliphatic rings. The smallest absolute Gasteiger partial charge is 0.237 e. The number of aryl methyl sites for hydroxylation is 2. The minimum atomic E-state index is -4.40. The van der Waals surface area contributed by atoms with Crippen molar-refractivity contribution in [1.29, 1.82) is 0 Å². The van der Waals surface area contributed by atoms with Crippen molar-refractivity contribution in [2.75, 3.05) is 0 Å². The van der Waals surface area contributed by atoms with E-state index in [1.165, 1.54) is 4.68 Å². The van der Waals surface area contributed by atoms with E-state index in [2.05, 4.69) is 5.10 Å². The number of aromatic nitrogens is 2. The third kappa shape index (κ3) is 2.18. The Morgan fingerprint density at radius 1 is 1.12 bits per heavy atom. The molecule has 2 aromatic rings. The average Bonchev–Trinajstić information content (AvgIpc) is 2.61. The van der Waals surface area contributed by atoms with Crippen LogP contribution in [0, 0.1) is 13.8 Å². The van der Waals surface area contributed by atoms with Gasteiger partial charge in [-0.05, 0) is 31.5 Å². The van der Waals surface area contributed by atoms with Crippen LogP contribution in [0.25, 0.3) is 5.69 Å². The molecule has 0 fully saturated rings. The zero-order chi connectivity index (χ0) is 12.6. The van der Waals surface area contributed by atoms with Crippen molar-refractivity contribution in [3.05, 3.63) is 47.3 Å². The van der Waals surface area contributed by atoms with E-state index in [1.54, 1.807) is 19.1 Å². The van der Waals surface area contributed by atoms with E-state index in [0.717, 1.165) is 11.6 Å². The van der Waals surface area contributed by atoms with E-state index >= 15 is 0 Å². The Bertz CT molecular complexity index is 541. The third-order valence-corrected chi connectivity index (χ3v) is 2.52. The van der Waals surface area contributed by atoms with Crippen LogP contribution in [-0.4, -0.2) is 9.78 Å². The van der Waals surface area contributed by atoms with Gasteiger partial charge in [-0.1, -0.05) is 18.2 Å². The molecule has 5 heteroatoms. The molecule has 0 aliphatic heterocycles. The first-order chi connectivity index (χ1) is 7.89. The van der Waals surface area contributed by atoms with Crippen molar-refractivity contribution in [1.82, 2.24) is 9.78 Å². The number of hydrogen-bond donors (Lipinski definition) is 0. The number of alkyl halides is 3. The van der Waals surface area contributed by atoms with Crippen molar-refractivity contribution in [2.24, 2.45) is 0 Å². The molecular weight excluding hydrogens is 229 g/mol. The van der Waals surface area contributed by atoms with Gasteiger partial charge in [0, 0.05) is 5.69 Å². The highest BCUT2D eigenvalue weighted by Crippen LogP contribution is 2.29. The van der Waals surface area contributed by atoms with Crippen LogP contribution in [0.5, 0.6) is 0 Å². The minimum Gasteiger partial charge on any atom is -0.237 e. The van der Waals surface area contributed by atoms with Crippen LogP contribution in [0.1, 0.15) is 17.0 Å². The van der Waals surface area contributed by atoms with E-state index < -0.39 is 11.9 Å². The van der Waals surface area contributed by atoms with Crippen LogP contribution in [0.3, 0.4) is 0 Å². The molecule has 0 aliphatic carbocycles. The number of nitrogens with zero attached hydrogens (tertiary/aromatic N) is 2. The van der Waals surface area contributed by atoms with Gasteiger partial charge in [0.05, 0.1) is 5.69 Å². The Balaban J connectivity index is 2.55. The molecule has 0 amide bonds. The second kappa shape index (κ2) is 3.91. The maximum Gasteiger partial charge on any atom is 0.435 e. The first kappa shape index (κ1) is 11.7. The molecule has 0 saturated heterocycles. The normalized spacial score (nSPS) is 11.8. The lowest BCUT2D eigenvalue weighted by molar-refractivity contribution is -0.141. The SMILES string of the molecule is Cc1ccccc1-n1nc(C(F)(F)F)cc1C. The average molecular weight is 240 g/mol. The van der Waals surface area contributed by atoms with Crippen LogP contribution < -0.4 is 0 Å². The van der Waals surface area contributed by atoms with Gasteiger partial charge in [0.25, 0.3) is 0 Å². The summed E-state index contributed by atoms with van der Waals surface area (Å²) in [7, 11) is 0. The standard InChI is InChI=1S/C12H11F3N2/c1-8-5-3-4-6-10(8)17-9(2)7-11(16-17)12(13,14)15/h3-7H,1-2H3. The van der Waals surface area contributed by atoms with E-state index in [1.807, 2.05) is 19.1 Å². The van der Waals surface area contributed by atoms with Gasteiger partial charge in [0.15, 0.2) is 5.69 Å². The summed E-state index contributed by atoms with van der Waals surface area (Å²) in [5.41, 5.74) is 1.15. The third-order valence-electron chi connectivity index (χ3n) is 2.52. The second-order valence-electron chi connectivity index (χ2n) is 3.87. The summed E-state index contributed by atoms with van der Waals surface area (Å²) in [6.45, 7) is 3.44. The molecule has 0 unspecified atom stereocenters. The number of benzene rings is 1. The maximum atomic E-state index is 12.5. The van der Waals surface area contributed by atoms with Gasteiger partial charge in [-0.3, -0.25) is 0 Å². The van der Waals surface area contributed by atoms with Crippen molar-refractivity contribution in [3.8, 4) is 5.69 Å². The molecule has 2 rings (SSSR count). The van der Waals surface area contributed by atoms with E-state index in [4.69, 9.17) is 0 Å². The highest BCUT2D eigenvalue weighted by Gasteiger charge is 2.34. The highest BCUT2D eigenvalue weighted by molar-refractivity contribution is 5.41. The Morgan fingerprint density at radius 3 is 2.29 bits per heavy atom. The molecule has 1 aromatic heterocycles. The number of para-hydroxylation sites is 1. The van der Waals surface area contributed by atoms with Gasteiger partial charge in [-0.15, -0.1) is 0 Å². The Labute approximate surface area is 96.7 Å². The molecule has 17 heavy (non-hydrogen) atoms. The number of halogens is 3. The summed E-state index contributed by atoms with van der Waals surface area (Å²) < 4.78 is 38.9. The Hall–Kier alpha value is -1.78. The van der Waals surface area contributed by atoms with Crippen LogP contribution in [0.4, 0.5) is 13.2 Å². The second-order valence-corrected chi connectivity index (χ2v) is 3.87. The molecule has 0 N–H and O–H groups in total. The minimum absolute atomic E-state index is 0.464. The zero-order valence-electron chi connectivity index (χ0n) is 9.42. The summed E-state index contributed by atoms with van der Waals surface area (Å²) in [5.74, 6) is 0. The molecule has 2 nitrogen and oxygen atoms in total. The predicted octanol–water partition coefficient (Wildman–Crippen LogP) is 3.51. The number of hydrogen-bond acceptors (Lipinski definition) is 1. The van der Waals surface area contributed by atoms with Crippen molar-refractivity contribution in [3.63, 3.8) is 0 Å². The molecule has 0 spiro atoms. The predicted molar refractivity (Wildman–Crippen MR) is 58.0 cm³/mol.